The Labute approximate surface area is 107 Å². The maximum atomic E-state index is 11.8. The third kappa shape index (κ3) is 2.48. The lowest BCUT2D eigenvalue weighted by atomic mass is 10.0. The third-order valence-corrected chi connectivity index (χ3v) is 2.64. The van der Waals surface area contributed by atoms with Gasteiger partial charge in [0.15, 0.2) is 5.78 Å². The van der Waals surface area contributed by atoms with E-state index in [1.807, 2.05) is 49.4 Å². The molecule has 2 aromatic rings. The van der Waals surface area contributed by atoms with Gasteiger partial charge >= 0.3 is 0 Å². The van der Waals surface area contributed by atoms with Gasteiger partial charge in [-0.25, -0.2) is 0 Å². The zero-order chi connectivity index (χ0) is 13.0. The first-order valence-corrected chi connectivity index (χ1v) is 5.71. The van der Waals surface area contributed by atoms with Gasteiger partial charge < -0.3 is 4.74 Å². The molecule has 90 valence electrons. The molecule has 0 amide bonds. The lowest BCUT2D eigenvalue weighted by Crippen LogP contribution is -2.01. The van der Waals surface area contributed by atoms with Crippen LogP contribution in [0.25, 0.3) is 0 Å². The highest BCUT2D eigenvalue weighted by molar-refractivity contribution is 6.07. The molecule has 0 saturated heterocycles. The summed E-state index contributed by atoms with van der Waals surface area (Å²) in [6.45, 7) is 5.40. The van der Waals surface area contributed by atoms with E-state index in [0.29, 0.717) is 17.1 Å². The Kier molecular flexibility index (Phi) is 3.58. The summed E-state index contributed by atoms with van der Waals surface area (Å²) in [6.07, 6.45) is 1.31. The fraction of sp³-hybridized carbons (Fsp3) is 0.0625. The van der Waals surface area contributed by atoms with Gasteiger partial charge in [0.2, 0.25) is 0 Å². The molecule has 0 radical (unpaired) electrons. The zero-order valence-corrected chi connectivity index (χ0v) is 10.2. The van der Waals surface area contributed by atoms with Crippen molar-refractivity contribution < 1.29 is 9.53 Å². The molecule has 0 atom stereocenters. The molecule has 2 nitrogen and oxygen atoms in total. The van der Waals surface area contributed by atoms with Gasteiger partial charge in [-0.2, -0.15) is 0 Å². The lowest BCUT2D eigenvalue weighted by Gasteiger charge is -2.11. The van der Waals surface area contributed by atoms with Crippen molar-refractivity contribution in [3.8, 4) is 11.5 Å². The van der Waals surface area contributed by atoms with Crippen LogP contribution in [-0.4, -0.2) is 5.78 Å². The van der Waals surface area contributed by atoms with E-state index < -0.39 is 0 Å². The molecular formula is C16H14O2. The molecule has 0 bridgehead atoms. The molecule has 0 aliphatic rings. The normalized spacial score (nSPS) is 9.83. The number of aryl methyl sites for hydroxylation is 1. The zero-order valence-electron chi connectivity index (χ0n) is 10.2. The Morgan fingerprint density at radius 1 is 1.11 bits per heavy atom. The standard InChI is InChI=1S/C16H14O2/c1-3-14(17)16-12(2)8-7-11-15(16)18-13-9-5-4-6-10-13/h3-11H,1H2,2H3. The first-order valence-electron chi connectivity index (χ1n) is 5.71. The molecule has 2 heteroatoms. The summed E-state index contributed by atoms with van der Waals surface area (Å²) < 4.78 is 5.74. The molecule has 0 saturated carbocycles. The highest BCUT2D eigenvalue weighted by Crippen LogP contribution is 2.27. The highest BCUT2D eigenvalue weighted by Gasteiger charge is 2.13. The van der Waals surface area contributed by atoms with E-state index in [0.717, 1.165) is 5.56 Å². The molecular weight excluding hydrogens is 224 g/mol. The van der Waals surface area contributed by atoms with Crippen LogP contribution in [0.15, 0.2) is 61.2 Å². The van der Waals surface area contributed by atoms with Gasteiger partial charge in [-0.15, -0.1) is 0 Å². The van der Waals surface area contributed by atoms with E-state index in [2.05, 4.69) is 6.58 Å². The largest absolute Gasteiger partial charge is 0.457 e. The van der Waals surface area contributed by atoms with Crippen LogP contribution in [0.2, 0.25) is 0 Å². The Balaban J connectivity index is 2.42. The number of hydrogen-bond acceptors (Lipinski definition) is 2. The SMILES string of the molecule is C=CC(=O)c1c(C)cccc1Oc1ccccc1. The lowest BCUT2D eigenvalue weighted by molar-refractivity contribution is 0.104. The Bertz CT molecular complexity index is 571. The summed E-state index contributed by atoms with van der Waals surface area (Å²) in [4.78, 5) is 11.8. The van der Waals surface area contributed by atoms with Crippen LogP contribution in [0, 0.1) is 6.92 Å². The van der Waals surface area contributed by atoms with E-state index in [9.17, 15) is 4.79 Å². The summed E-state index contributed by atoms with van der Waals surface area (Å²) in [5.41, 5.74) is 1.45. The Morgan fingerprint density at radius 2 is 1.83 bits per heavy atom. The highest BCUT2D eigenvalue weighted by atomic mass is 16.5. The molecule has 0 aliphatic heterocycles. The maximum absolute atomic E-state index is 11.8. The fourth-order valence-corrected chi connectivity index (χ4v) is 1.76. The van der Waals surface area contributed by atoms with Crippen LogP contribution in [-0.2, 0) is 0 Å². The molecule has 0 aromatic heterocycles. The minimum Gasteiger partial charge on any atom is -0.457 e. The predicted molar refractivity (Wildman–Crippen MR) is 72.2 cm³/mol. The number of benzene rings is 2. The minimum atomic E-state index is -0.126. The number of carbonyl (C=O) groups excluding carboxylic acids is 1. The van der Waals surface area contributed by atoms with Crippen LogP contribution in [0.3, 0.4) is 0 Å². The van der Waals surface area contributed by atoms with E-state index in [-0.39, 0.29) is 5.78 Å². The van der Waals surface area contributed by atoms with Gasteiger partial charge in [0.1, 0.15) is 11.5 Å². The topological polar surface area (TPSA) is 26.3 Å². The van der Waals surface area contributed by atoms with Crippen molar-refractivity contribution in [2.45, 2.75) is 6.92 Å². The van der Waals surface area contributed by atoms with Crippen molar-refractivity contribution in [2.75, 3.05) is 0 Å². The molecule has 0 N–H and O–H groups in total. The smallest absolute Gasteiger partial charge is 0.189 e. The predicted octanol–water partition coefficient (Wildman–Crippen LogP) is 4.16. The van der Waals surface area contributed by atoms with Gasteiger partial charge in [0, 0.05) is 0 Å². The molecule has 2 aromatic carbocycles. The third-order valence-electron chi connectivity index (χ3n) is 2.64. The second kappa shape index (κ2) is 5.32. The Morgan fingerprint density at radius 3 is 2.50 bits per heavy atom. The number of hydrogen-bond donors (Lipinski definition) is 0. The summed E-state index contributed by atoms with van der Waals surface area (Å²) in [5, 5.41) is 0. The van der Waals surface area contributed by atoms with Gasteiger partial charge in [-0.05, 0) is 36.8 Å². The average molecular weight is 238 g/mol. The van der Waals surface area contributed by atoms with Crippen molar-refractivity contribution in [1.29, 1.82) is 0 Å². The maximum Gasteiger partial charge on any atom is 0.189 e. The summed E-state index contributed by atoms with van der Waals surface area (Å²) in [7, 11) is 0. The quantitative estimate of drug-likeness (QED) is 0.590. The number of para-hydroxylation sites is 1. The van der Waals surface area contributed by atoms with E-state index in [4.69, 9.17) is 4.74 Å². The fourth-order valence-electron chi connectivity index (χ4n) is 1.76. The first kappa shape index (κ1) is 12.1. The van der Waals surface area contributed by atoms with Crippen LogP contribution >= 0.6 is 0 Å². The molecule has 0 spiro atoms. The second-order valence-corrected chi connectivity index (χ2v) is 3.93. The number of carbonyl (C=O) groups is 1. The van der Waals surface area contributed by atoms with Gasteiger partial charge in [-0.1, -0.05) is 36.9 Å². The number of rotatable bonds is 4. The molecule has 0 fully saturated rings. The molecule has 2 rings (SSSR count). The van der Waals surface area contributed by atoms with Gasteiger partial charge in [0.25, 0.3) is 0 Å². The van der Waals surface area contributed by atoms with Crippen LogP contribution in [0.1, 0.15) is 15.9 Å². The van der Waals surface area contributed by atoms with E-state index >= 15 is 0 Å². The molecule has 0 unspecified atom stereocenters. The monoisotopic (exact) mass is 238 g/mol. The van der Waals surface area contributed by atoms with Crippen molar-refractivity contribution in [2.24, 2.45) is 0 Å². The van der Waals surface area contributed by atoms with Crippen LogP contribution in [0.5, 0.6) is 11.5 Å². The van der Waals surface area contributed by atoms with Crippen LogP contribution < -0.4 is 4.74 Å². The first-order chi connectivity index (χ1) is 8.72. The summed E-state index contributed by atoms with van der Waals surface area (Å²) in [5.74, 6) is 1.14. The number of ketones is 1. The van der Waals surface area contributed by atoms with Gasteiger partial charge in [0.05, 0.1) is 5.56 Å². The minimum absolute atomic E-state index is 0.126. The molecule has 18 heavy (non-hydrogen) atoms. The molecule has 0 aliphatic carbocycles. The van der Waals surface area contributed by atoms with Gasteiger partial charge in [-0.3, -0.25) is 4.79 Å². The number of ether oxygens (including phenoxy) is 1. The summed E-state index contributed by atoms with van der Waals surface area (Å²) in [6, 6.07) is 14.9. The van der Waals surface area contributed by atoms with E-state index in [1.165, 1.54) is 6.08 Å². The van der Waals surface area contributed by atoms with Crippen molar-refractivity contribution in [3.05, 3.63) is 72.3 Å². The second-order valence-electron chi connectivity index (χ2n) is 3.93. The van der Waals surface area contributed by atoms with Crippen molar-refractivity contribution in [3.63, 3.8) is 0 Å². The van der Waals surface area contributed by atoms with Crippen molar-refractivity contribution >= 4 is 5.78 Å². The Hall–Kier alpha value is -2.35. The van der Waals surface area contributed by atoms with E-state index in [1.54, 1.807) is 6.07 Å². The summed E-state index contributed by atoms with van der Waals surface area (Å²) >= 11 is 0. The van der Waals surface area contributed by atoms with Crippen LogP contribution in [0.4, 0.5) is 0 Å². The average Bonchev–Trinajstić information content (AvgIpc) is 2.39. The molecule has 0 heterocycles. The van der Waals surface area contributed by atoms with Crippen molar-refractivity contribution in [1.82, 2.24) is 0 Å². The number of allylic oxidation sites excluding steroid dienone is 1.